The molecule has 6 nitrogen and oxygen atoms in total. The largest absolute Gasteiger partial charge is 0.478 e. The average molecular weight is 298 g/mol. The van der Waals surface area contributed by atoms with E-state index in [0.717, 1.165) is 28.8 Å². The van der Waals surface area contributed by atoms with Gasteiger partial charge in [-0.3, -0.25) is 9.69 Å². The third-order valence-corrected chi connectivity index (χ3v) is 3.70. The standard InChI is InChI=1S/C12H11FN2O4S/c13-8-2-1-7(11(17)18)5-9(8)20-6-10(16)15-4-3-14-12(15)19/h1-2,5H,3-4,6H2,(H,14,19)(H,17,18). The van der Waals surface area contributed by atoms with E-state index >= 15 is 0 Å². The smallest absolute Gasteiger partial charge is 0.335 e. The molecular formula is C12H11FN2O4S. The summed E-state index contributed by atoms with van der Waals surface area (Å²) >= 11 is 0.866. The van der Waals surface area contributed by atoms with E-state index in [1.807, 2.05) is 0 Å². The molecule has 1 aromatic rings. The van der Waals surface area contributed by atoms with Gasteiger partial charge in [0.15, 0.2) is 0 Å². The second kappa shape index (κ2) is 5.91. The third kappa shape index (κ3) is 3.08. The Kier molecular flexibility index (Phi) is 4.23. The van der Waals surface area contributed by atoms with Crippen molar-refractivity contribution in [3.8, 4) is 0 Å². The highest BCUT2D eigenvalue weighted by Gasteiger charge is 2.26. The number of benzene rings is 1. The van der Waals surface area contributed by atoms with E-state index in [0.29, 0.717) is 6.54 Å². The van der Waals surface area contributed by atoms with Gasteiger partial charge in [0.2, 0.25) is 5.91 Å². The van der Waals surface area contributed by atoms with Gasteiger partial charge in [0.25, 0.3) is 0 Å². The molecule has 0 unspecified atom stereocenters. The number of carboxylic acids is 1. The number of carbonyl (C=O) groups excluding carboxylic acids is 2. The molecule has 1 heterocycles. The molecule has 8 heteroatoms. The maximum atomic E-state index is 13.5. The zero-order valence-corrected chi connectivity index (χ0v) is 11.1. The lowest BCUT2D eigenvalue weighted by atomic mass is 10.2. The number of rotatable bonds is 4. The predicted octanol–water partition coefficient (Wildman–Crippen LogP) is 1.17. The molecule has 1 saturated heterocycles. The zero-order chi connectivity index (χ0) is 14.7. The Balaban J connectivity index is 2.03. The van der Waals surface area contributed by atoms with Crippen LogP contribution in [0.15, 0.2) is 23.1 Å². The second-order valence-electron chi connectivity index (χ2n) is 4.02. The van der Waals surface area contributed by atoms with Crippen LogP contribution in [0.25, 0.3) is 0 Å². The number of nitrogens with zero attached hydrogens (tertiary/aromatic N) is 1. The zero-order valence-electron chi connectivity index (χ0n) is 10.3. The fourth-order valence-electron chi connectivity index (χ4n) is 1.67. The molecule has 20 heavy (non-hydrogen) atoms. The summed E-state index contributed by atoms with van der Waals surface area (Å²) in [5.41, 5.74) is -0.0553. The summed E-state index contributed by atoms with van der Waals surface area (Å²) in [6.45, 7) is 0.688. The van der Waals surface area contributed by atoms with Gasteiger partial charge in [-0.2, -0.15) is 0 Å². The maximum Gasteiger partial charge on any atom is 0.335 e. The Labute approximate surface area is 117 Å². The van der Waals surface area contributed by atoms with Crippen LogP contribution in [0.3, 0.4) is 0 Å². The van der Waals surface area contributed by atoms with E-state index < -0.39 is 23.7 Å². The van der Waals surface area contributed by atoms with Crippen LogP contribution in [0.5, 0.6) is 0 Å². The lowest BCUT2D eigenvalue weighted by Crippen LogP contribution is -2.35. The number of hydrogen-bond donors (Lipinski definition) is 2. The lowest BCUT2D eigenvalue weighted by Gasteiger charge is -2.11. The van der Waals surface area contributed by atoms with Gasteiger partial charge < -0.3 is 10.4 Å². The number of hydrogen-bond acceptors (Lipinski definition) is 4. The molecule has 1 aliphatic rings. The van der Waals surface area contributed by atoms with E-state index in [4.69, 9.17) is 5.11 Å². The number of carboxylic acid groups (broad SMARTS) is 1. The van der Waals surface area contributed by atoms with Crippen molar-refractivity contribution in [3.63, 3.8) is 0 Å². The number of thioether (sulfide) groups is 1. The predicted molar refractivity (Wildman–Crippen MR) is 69.2 cm³/mol. The van der Waals surface area contributed by atoms with E-state index in [-0.39, 0.29) is 22.8 Å². The first-order valence-electron chi connectivity index (χ1n) is 5.73. The number of nitrogens with one attached hydrogen (secondary N) is 1. The normalized spacial score (nSPS) is 14.2. The van der Waals surface area contributed by atoms with Gasteiger partial charge in [-0.05, 0) is 18.2 Å². The van der Waals surface area contributed by atoms with Crippen molar-refractivity contribution >= 4 is 29.7 Å². The first-order valence-corrected chi connectivity index (χ1v) is 6.71. The topological polar surface area (TPSA) is 86.7 Å². The Hall–Kier alpha value is -2.09. The van der Waals surface area contributed by atoms with Crippen molar-refractivity contribution in [2.75, 3.05) is 18.8 Å². The van der Waals surface area contributed by atoms with Crippen LogP contribution in [0.2, 0.25) is 0 Å². The highest BCUT2D eigenvalue weighted by molar-refractivity contribution is 8.00. The van der Waals surface area contributed by atoms with E-state index in [1.165, 1.54) is 6.07 Å². The summed E-state index contributed by atoms with van der Waals surface area (Å²) in [5.74, 6) is -2.34. The van der Waals surface area contributed by atoms with E-state index in [9.17, 15) is 18.8 Å². The van der Waals surface area contributed by atoms with Gasteiger partial charge in [0.05, 0.1) is 11.3 Å². The number of imide groups is 1. The minimum atomic E-state index is -1.17. The lowest BCUT2D eigenvalue weighted by molar-refractivity contribution is -0.124. The molecule has 1 fully saturated rings. The Morgan fingerprint density at radius 1 is 1.45 bits per heavy atom. The van der Waals surface area contributed by atoms with Gasteiger partial charge >= 0.3 is 12.0 Å². The molecule has 1 aromatic carbocycles. The number of halogens is 1. The van der Waals surface area contributed by atoms with Crippen molar-refractivity contribution in [1.82, 2.24) is 10.2 Å². The number of amides is 3. The van der Waals surface area contributed by atoms with Gasteiger partial charge in [-0.25, -0.2) is 14.0 Å². The second-order valence-corrected chi connectivity index (χ2v) is 5.03. The Morgan fingerprint density at radius 2 is 2.20 bits per heavy atom. The summed E-state index contributed by atoms with van der Waals surface area (Å²) in [6, 6.07) is 2.89. The summed E-state index contributed by atoms with van der Waals surface area (Å²) < 4.78 is 13.5. The van der Waals surface area contributed by atoms with Crippen LogP contribution in [0.1, 0.15) is 10.4 Å². The van der Waals surface area contributed by atoms with Gasteiger partial charge in [-0.15, -0.1) is 11.8 Å². The minimum Gasteiger partial charge on any atom is -0.478 e. The fraction of sp³-hybridized carbons (Fsp3) is 0.250. The minimum absolute atomic E-state index is 0.0553. The average Bonchev–Trinajstić information content (AvgIpc) is 2.83. The van der Waals surface area contributed by atoms with Crippen LogP contribution >= 0.6 is 11.8 Å². The van der Waals surface area contributed by atoms with Gasteiger partial charge in [-0.1, -0.05) is 0 Å². The van der Waals surface area contributed by atoms with Crippen molar-refractivity contribution < 1.29 is 23.9 Å². The van der Waals surface area contributed by atoms with Crippen LogP contribution in [-0.4, -0.2) is 46.8 Å². The number of aromatic carboxylic acids is 1. The molecule has 0 aliphatic carbocycles. The molecule has 106 valence electrons. The van der Waals surface area contributed by atoms with Crippen molar-refractivity contribution in [1.29, 1.82) is 0 Å². The highest BCUT2D eigenvalue weighted by atomic mass is 32.2. The van der Waals surface area contributed by atoms with E-state index in [2.05, 4.69) is 5.32 Å². The van der Waals surface area contributed by atoms with Crippen molar-refractivity contribution in [3.05, 3.63) is 29.6 Å². The van der Waals surface area contributed by atoms with Crippen molar-refractivity contribution in [2.24, 2.45) is 0 Å². The van der Waals surface area contributed by atoms with Crippen LogP contribution in [-0.2, 0) is 4.79 Å². The molecule has 2 rings (SSSR count). The molecule has 0 radical (unpaired) electrons. The fourth-order valence-corrected chi connectivity index (χ4v) is 2.53. The first kappa shape index (κ1) is 14.3. The summed E-state index contributed by atoms with van der Waals surface area (Å²) in [6.07, 6.45) is 0. The SMILES string of the molecule is O=C(O)c1ccc(F)c(SCC(=O)N2CCNC2=O)c1. The van der Waals surface area contributed by atoms with Crippen molar-refractivity contribution in [2.45, 2.75) is 4.90 Å². The maximum absolute atomic E-state index is 13.5. The Bertz CT molecular complexity index is 579. The number of urea groups is 1. The summed E-state index contributed by atoms with van der Waals surface area (Å²) in [5, 5.41) is 11.3. The summed E-state index contributed by atoms with van der Waals surface area (Å²) in [7, 11) is 0. The Morgan fingerprint density at radius 3 is 2.80 bits per heavy atom. The van der Waals surface area contributed by atoms with Gasteiger partial charge in [0, 0.05) is 18.0 Å². The molecule has 1 aliphatic heterocycles. The van der Waals surface area contributed by atoms with Crippen LogP contribution in [0.4, 0.5) is 9.18 Å². The highest BCUT2D eigenvalue weighted by Crippen LogP contribution is 2.23. The first-order chi connectivity index (χ1) is 9.49. The number of carbonyl (C=O) groups is 3. The quantitative estimate of drug-likeness (QED) is 0.815. The molecule has 0 atom stereocenters. The van der Waals surface area contributed by atoms with E-state index in [1.54, 1.807) is 0 Å². The molecule has 0 spiro atoms. The molecule has 3 amide bonds. The van der Waals surface area contributed by atoms with Gasteiger partial charge in [0.1, 0.15) is 5.82 Å². The molecule has 0 aromatic heterocycles. The molecule has 0 saturated carbocycles. The molecule has 2 N–H and O–H groups in total. The monoisotopic (exact) mass is 298 g/mol. The van der Waals surface area contributed by atoms with Crippen LogP contribution < -0.4 is 5.32 Å². The summed E-state index contributed by atoms with van der Waals surface area (Å²) in [4.78, 5) is 34.9. The molecule has 0 bridgehead atoms. The van der Waals surface area contributed by atoms with Crippen LogP contribution in [0, 0.1) is 5.82 Å². The third-order valence-electron chi connectivity index (χ3n) is 2.69. The molecular weight excluding hydrogens is 287 g/mol.